The molecule has 0 aliphatic carbocycles. The van der Waals surface area contributed by atoms with Crippen molar-refractivity contribution in [2.24, 2.45) is 0 Å². The van der Waals surface area contributed by atoms with Gasteiger partial charge in [0.2, 0.25) is 0 Å². The number of para-hydroxylation sites is 1. The highest BCUT2D eigenvalue weighted by molar-refractivity contribution is 6.06. The van der Waals surface area contributed by atoms with Gasteiger partial charge >= 0.3 is 11.9 Å². The van der Waals surface area contributed by atoms with Crippen LogP contribution in [-0.4, -0.2) is 49.2 Å². The molecule has 4 rings (SSSR count). The average molecular weight is 422 g/mol. The van der Waals surface area contributed by atoms with E-state index < -0.39 is 18.2 Å². The second-order valence-electron chi connectivity index (χ2n) is 6.86. The predicted octanol–water partition coefficient (Wildman–Crippen LogP) is 3.55. The smallest absolute Gasteiger partial charge is 0.357 e. The summed E-state index contributed by atoms with van der Waals surface area (Å²) in [6.07, 6.45) is 0.346. The fourth-order valence-corrected chi connectivity index (χ4v) is 3.47. The quantitative estimate of drug-likeness (QED) is 0.581. The molecule has 0 N–H and O–H groups in total. The van der Waals surface area contributed by atoms with E-state index in [1.165, 1.54) is 18.9 Å². The van der Waals surface area contributed by atoms with Crippen LogP contribution < -0.4 is 0 Å². The molecule has 8 heteroatoms. The molecule has 0 unspecified atom stereocenters. The molecule has 31 heavy (non-hydrogen) atoms. The summed E-state index contributed by atoms with van der Waals surface area (Å²) in [6.45, 7) is 1.22. The van der Waals surface area contributed by atoms with Crippen molar-refractivity contribution in [2.45, 2.75) is 12.7 Å². The molecule has 2 heterocycles. The fourth-order valence-electron chi connectivity index (χ4n) is 3.47. The van der Waals surface area contributed by atoms with Gasteiger partial charge in [0.1, 0.15) is 11.3 Å². The monoisotopic (exact) mass is 422 g/mol. The number of esters is 2. The van der Waals surface area contributed by atoms with Crippen LogP contribution in [0.25, 0.3) is 16.9 Å². The number of hydrogen-bond acceptors (Lipinski definition) is 7. The van der Waals surface area contributed by atoms with E-state index in [0.717, 1.165) is 12.0 Å². The topological polar surface area (TPSA) is 88.9 Å². The zero-order valence-electron chi connectivity index (χ0n) is 17.2. The van der Waals surface area contributed by atoms with Gasteiger partial charge in [-0.25, -0.2) is 14.3 Å². The van der Waals surface area contributed by atoms with E-state index in [1.54, 1.807) is 18.2 Å². The van der Waals surface area contributed by atoms with Crippen LogP contribution in [0.3, 0.4) is 0 Å². The highest BCUT2D eigenvalue weighted by Gasteiger charge is 2.31. The van der Waals surface area contributed by atoms with Gasteiger partial charge in [0, 0.05) is 11.1 Å². The maximum absolute atomic E-state index is 12.7. The van der Waals surface area contributed by atoms with Crippen molar-refractivity contribution < 1.29 is 28.5 Å². The van der Waals surface area contributed by atoms with Gasteiger partial charge in [-0.2, -0.15) is 5.10 Å². The number of ether oxygens (including phenoxy) is 4. The molecule has 0 radical (unpaired) electrons. The lowest BCUT2D eigenvalue weighted by Gasteiger charge is -2.23. The number of carbonyl (C=O) groups excluding carboxylic acids is 2. The standard InChI is InChI=1S/C23H22N2O6/c1-28-21(26)18-19(15-8-6-9-16(14-15)23-30-12-7-13-31-23)24-25(20(18)22(27)29-2)17-10-4-3-5-11-17/h3-6,8-11,14,23H,7,12-13H2,1-2H3. The van der Waals surface area contributed by atoms with Gasteiger partial charge in [0.15, 0.2) is 12.0 Å². The zero-order chi connectivity index (χ0) is 21.8. The largest absolute Gasteiger partial charge is 0.465 e. The van der Waals surface area contributed by atoms with Gasteiger partial charge in [-0.05, 0) is 24.6 Å². The summed E-state index contributed by atoms with van der Waals surface area (Å²) in [7, 11) is 2.51. The minimum atomic E-state index is -0.696. The molecule has 0 atom stereocenters. The Bertz CT molecular complexity index is 1090. The number of nitrogens with zero attached hydrogens (tertiary/aromatic N) is 2. The molecule has 160 valence electrons. The minimum absolute atomic E-state index is 0.00822. The Morgan fingerprint density at radius 2 is 1.68 bits per heavy atom. The van der Waals surface area contributed by atoms with E-state index in [1.807, 2.05) is 36.4 Å². The van der Waals surface area contributed by atoms with E-state index in [-0.39, 0.29) is 11.3 Å². The summed E-state index contributed by atoms with van der Waals surface area (Å²) in [6, 6.07) is 16.4. The summed E-state index contributed by atoms with van der Waals surface area (Å²) in [5.41, 5.74) is 2.34. The molecule has 0 saturated carbocycles. The van der Waals surface area contributed by atoms with Crippen LogP contribution in [0.5, 0.6) is 0 Å². The third-order valence-corrected chi connectivity index (χ3v) is 4.91. The van der Waals surface area contributed by atoms with Gasteiger partial charge in [-0.1, -0.05) is 36.4 Å². The Morgan fingerprint density at radius 3 is 2.35 bits per heavy atom. The van der Waals surface area contributed by atoms with E-state index in [4.69, 9.17) is 18.9 Å². The Labute approximate surface area is 179 Å². The normalized spacial score (nSPS) is 14.3. The molecule has 3 aromatic rings. The first-order chi connectivity index (χ1) is 15.1. The van der Waals surface area contributed by atoms with E-state index >= 15 is 0 Å². The maximum Gasteiger partial charge on any atom is 0.357 e. The number of benzene rings is 2. The Balaban J connectivity index is 1.90. The number of carbonyl (C=O) groups is 2. The number of methoxy groups -OCH3 is 2. The second-order valence-corrected chi connectivity index (χ2v) is 6.86. The Hall–Kier alpha value is -3.49. The van der Waals surface area contributed by atoms with Crippen LogP contribution in [0, 0.1) is 0 Å². The second kappa shape index (κ2) is 9.11. The first-order valence-electron chi connectivity index (χ1n) is 9.82. The van der Waals surface area contributed by atoms with Crippen LogP contribution >= 0.6 is 0 Å². The summed E-state index contributed by atoms with van der Waals surface area (Å²) in [5.74, 6) is -1.38. The van der Waals surface area contributed by atoms with Gasteiger partial charge < -0.3 is 18.9 Å². The highest BCUT2D eigenvalue weighted by Crippen LogP contribution is 2.32. The molecule has 0 bridgehead atoms. The molecule has 1 aromatic heterocycles. The highest BCUT2D eigenvalue weighted by atomic mass is 16.7. The number of rotatable bonds is 5. The van der Waals surface area contributed by atoms with Gasteiger partial charge in [-0.15, -0.1) is 0 Å². The van der Waals surface area contributed by atoms with Gasteiger partial charge in [0.05, 0.1) is 33.1 Å². The lowest BCUT2D eigenvalue weighted by Crippen LogP contribution is -2.17. The SMILES string of the molecule is COC(=O)c1c(-c2cccc(C3OCCCO3)c2)nn(-c2ccccc2)c1C(=O)OC. The van der Waals surface area contributed by atoms with Crippen LogP contribution in [0.4, 0.5) is 0 Å². The van der Waals surface area contributed by atoms with Crippen LogP contribution in [0.15, 0.2) is 54.6 Å². The molecule has 8 nitrogen and oxygen atoms in total. The van der Waals surface area contributed by atoms with Crippen LogP contribution in [-0.2, 0) is 18.9 Å². The van der Waals surface area contributed by atoms with Gasteiger partial charge in [-0.3, -0.25) is 0 Å². The van der Waals surface area contributed by atoms with Crippen LogP contribution in [0.1, 0.15) is 39.1 Å². The lowest BCUT2D eigenvalue weighted by molar-refractivity contribution is -0.183. The van der Waals surface area contributed by atoms with Crippen LogP contribution in [0.2, 0.25) is 0 Å². The number of aromatic nitrogens is 2. The van der Waals surface area contributed by atoms with Crippen molar-refractivity contribution in [3.63, 3.8) is 0 Å². The molecule has 0 amide bonds. The Kier molecular flexibility index (Phi) is 6.11. The molecule has 0 spiro atoms. The molecule has 1 aliphatic heterocycles. The molecule has 1 aliphatic rings. The first-order valence-corrected chi connectivity index (χ1v) is 9.82. The van der Waals surface area contributed by atoms with Crippen molar-refractivity contribution in [3.05, 3.63) is 71.4 Å². The van der Waals surface area contributed by atoms with Gasteiger partial charge in [0.25, 0.3) is 0 Å². The molecule has 1 saturated heterocycles. The maximum atomic E-state index is 12.7. The van der Waals surface area contributed by atoms with E-state index in [2.05, 4.69) is 5.10 Å². The third-order valence-electron chi connectivity index (χ3n) is 4.91. The van der Waals surface area contributed by atoms with Crippen molar-refractivity contribution in [1.29, 1.82) is 0 Å². The molecule has 1 fully saturated rings. The van der Waals surface area contributed by atoms with E-state index in [9.17, 15) is 9.59 Å². The lowest BCUT2D eigenvalue weighted by atomic mass is 10.0. The third kappa shape index (κ3) is 4.08. The fraction of sp³-hybridized carbons (Fsp3) is 0.261. The summed E-state index contributed by atoms with van der Waals surface area (Å²) in [5, 5.41) is 4.61. The van der Waals surface area contributed by atoms with Crippen molar-refractivity contribution in [3.8, 4) is 16.9 Å². The average Bonchev–Trinajstić information content (AvgIpc) is 3.25. The number of hydrogen-bond donors (Lipinski definition) is 0. The summed E-state index contributed by atoms with van der Waals surface area (Å²) in [4.78, 5) is 25.4. The molecular formula is C23H22N2O6. The summed E-state index contributed by atoms with van der Waals surface area (Å²) >= 11 is 0. The first kappa shape index (κ1) is 20.8. The van der Waals surface area contributed by atoms with Crippen molar-refractivity contribution in [1.82, 2.24) is 9.78 Å². The van der Waals surface area contributed by atoms with Crippen molar-refractivity contribution in [2.75, 3.05) is 27.4 Å². The molecular weight excluding hydrogens is 400 g/mol. The van der Waals surface area contributed by atoms with Crippen molar-refractivity contribution >= 4 is 11.9 Å². The summed E-state index contributed by atoms with van der Waals surface area (Å²) < 4.78 is 22.7. The zero-order valence-corrected chi connectivity index (χ0v) is 17.2. The Morgan fingerprint density at radius 1 is 0.968 bits per heavy atom. The minimum Gasteiger partial charge on any atom is -0.465 e. The predicted molar refractivity (Wildman–Crippen MR) is 111 cm³/mol. The molecule has 2 aromatic carbocycles. The van der Waals surface area contributed by atoms with E-state index in [0.29, 0.717) is 30.2 Å².